The summed E-state index contributed by atoms with van der Waals surface area (Å²) in [5, 5.41) is 0. The van der Waals surface area contributed by atoms with Crippen LogP contribution >= 0.6 is 0 Å². The molecule has 2 aromatic rings. The zero-order valence-corrected chi connectivity index (χ0v) is 19.8. The van der Waals surface area contributed by atoms with Gasteiger partial charge in [0, 0.05) is 44.5 Å². The van der Waals surface area contributed by atoms with E-state index in [-0.39, 0.29) is 11.7 Å². The van der Waals surface area contributed by atoms with Gasteiger partial charge in [-0.15, -0.1) is 0 Å². The van der Waals surface area contributed by atoms with Gasteiger partial charge in [-0.3, -0.25) is 4.79 Å². The monoisotopic (exact) mass is 462 g/mol. The van der Waals surface area contributed by atoms with E-state index in [2.05, 4.69) is 38.7 Å². The number of likely N-dealkylation sites (tertiary alicyclic amines) is 2. The quantitative estimate of drug-likeness (QED) is 0.703. The highest BCUT2D eigenvalue weighted by atomic mass is 19.1. The van der Waals surface area contributed by atoms with Crippen LogP contribution in [0.4, 0.5) is 4.39 Å². The molecule has 0 unspecified atom stereocenters. The van der Waals surface area contributed by atoms with E-state index in [9.17, 15) is 9.18 Å². The van der Waals surface area contributed by atoms with Gasteiger partial charge in [-0.25, -0.2) is 4.39 Å². The van der Waals surface area contributed by atoms with Crippen molar-refractivity contribution in [1.82, 2.24) is 14.4 Å². The Labute approximate surface area is 201 Å². The highest BCUT2D eigenvalue weighted by molar-refractivity contribution is 6.20. The normalized spacial score (nSPS) is 21.4. The van der Waals surface area contributed by atoms with Crippen LogP contribution in [0.25, 0.3) is 11.6 Å². The number of hydrogen-bond donors (Lipinski definition) is 1. The first-order chi connectivity index (χ1) is 16.6. The number of fused-ring (bicyclic) bond motifs is 1. The van der Waals surface area contributed by atoms with Crippen LogP contribution in [0.5, 0.6) is 0 Å². The van der Waals surface area contributed by atoms with Crippen molar-refractivity contribution in [2.75, 3.05) is 39.3 Å². The molecule has 1 aromatic heterocycles. The van der Waals surface area contributed by atoms with Gasteiger partial charge < -0.3 is 20.1 Å². The van der Waals surface area contributed by atoms with E-state index in [1.165, 1.54) is 5.56 Å². The summed E-state index contributed by atoms with van der Waals surface area (Å²) in [6.07, 6.45) is 12.4. The van der Waals surface area contributed by atoms with Crippen LogP contribution in [0.3, 0.4) is 0 Å². The number of carbonyl (C=O) groups is 1. The fraction of sp³-hybridized carbons (Fsp3) is 0.464. The lowest BCUT2D eigenvalue weighted by molar-refractivity contribution is -0.124. The number of carbonyl (C=O) groups excluding carboxylic acids is 1. The van der Waals surface area contributed by atoms with Gasteiger partial charge in [-0.1, -0.05) is 30.4 Å². The minimum atomic E-state index is -0.166. The molecule has 1 aromatic carbocycles. The Hall–Kier alpha value is -2.70. The van der Waals surface area contributed by atoms with Crippen molar-refractivity contribution in [2.45, 2.75) is 38.1 Å². The molecule has 3 aliphatic rings. The maximum atomic E-state index is 13.6. The number of allylic oxidation sites excluding steroid dienone is 2. The van der Waals surface area contributed by atoms with E-state index in [0.29, 0.717) is 24.9 Å². The molecule has 6 heteroatoms. The largest absolute Gasteiger partial charge is 0.346 e. The zero-order chi connectivity index (χ0) is 23.5. The summed E-state index contributed by atoms with van der Waals surface area (Å²) in [6.45, 7) is 6.11. The molecule has 0 saturated carbocycles. The fourth-order valence-electron chi connectivity index (χ4n) is 5.81. The number of hydrogen-bond acceptors (Lipinski definition) is 3. The predicted molar refractivity (Wildman–Crippen MR) is 135 cm³/mol. The number of benzene rings is 1. The molecule has 0 spiro atoms. The fourth-order valence-corrected chi connectivity index (χ4v) is 5.81. The van der Waals surface area contributed by atoms with E-state index in [4.69, 9.17) is 5.73 Å². The van der Waals surface area contributed by atoms with E-state index in [1.807, 2.05) is 18.3 Å². The Balaban J connectivity index is 1.17. The van der Waals surface area contributed by atoms with Gasteiger partial charge in [0.2, 0.25) is 0 Å². The lowest BCUT2D eigenvalue weighted by atomic mass is 9.89. The second-order valence-corrected chi connectivity index (χ2v) is 9.89. The summed E-state index contributed by atoms with van der Waals surface area (Å²) in [5.74, 6) is 1.03. The molecule has 2 aliphatic heterocycles. The van der Waals surface area contributed by atoms with E-state index < -0.39 is 0 Å². The molecule has 2 saturated heterocycles. The van der Waals surface area contributed by atoms with Gasteiger partial charge in [0.1, 0.15) is 5.82 Å². The summed E-state index contributed by atoms with van der Waals surface area (Å²) in [7, 11) is 0. The molecule has 180 valence electrons. The van der Waals surface area contributed by atoms with Crippen LogP contribution in [-0.4, -0.2) is 59.5 Å². The van der Waals surface area contributed by atoms with Crippen molar-refractivity contribution in [2.24, 2.45) is 11.7 Å². The summed E-state index contributed by atoms with van der Waals surface area (Å²) in [6, 6.07) is 9.09. The highest BCUT2D eigenvalue weighted by Crippen LogP contribution is 2.31. The lowest BCUT2D eigenvalue weighted by Crippen LogP contribution is -2.38. The number of aromatic nitrogens is 1. The molecule has 2 fully saturated rings. The minimum Gasteiger partial charge on any atom is -0.346 e. The number of halogens is 1. The third kappa shape index (κ3) is 4.89. The topological polar surface area (TPSA) is 54.5 Å². The van der Waals surface area contributed by atoms with Crippen LogP contribution in [0.1, 0.15) is 48.4 Å². The first-order valence-corrected chi connectivity index (χ1v) is 12.7. The second-order valence-electron chi connectivity index (χ2n) is 9.89. The van der Waals surface area contributed by atoms with Crippen LogP contribution in [0.2, 0.25) is 0 Å². The Morgan fingerprint density at radius 2 is 1.85 bits per heavy atom. The standard InChI is InChI=1S/C28H35FN4O/c29-25-7-5-22(6-8-25)23-10-14-31(15-11-23)19-21-9-16-33(20-21)28(34)26-4-2-1-3-24-12-17-32(18-13-30)27(24)26/h1,3-8,12,17,21,23H,2,9-11,13-16,18-20,30H2/t21-/m1/s1. The van der Waals surface area contributed by atoms with E-state index >= 15 is 0 Å². The molecule has 2 N–H and O–H groups in total. The Morgan fingerprint density at radius 1 is 1.06 bits per heavy atom. The van der Waals surface area contributed by atoms with Gasteiger partial charge in [-0.05, 0) is 74.4 Å². The number of nitrogens with zero attached hydrogens (tertiary/aromatic N) is 3. The van der Waals surface area contributed by atoms with Crippen LogP contribution in [0, 0.1) is 11.7 Å². The number of rotatable bonds is 6. The second kappa shape index (κ2) is 10.3. The third-order valence-electron chi connectivity index (χ3n) is 7.62. The maximum absolute atomic E-state index is 13.6. The van der Waals surface area contributed by atoms with Gasteiger partial charge in [-0.2, -0.15) is 0 Å². The zero-order valence-electron chi connectivity index (χ0n) is 19.8. The first-order valence-electron chi connectivity index (χ1n) is 12.7. The maximum Gasteiger partial charge on any atom is 0.255 e. The minimum absolute atomic E-state index is 0.152. The summed E-state index contributed by atoms with van der Waals surface area (Å²) < 4.78 is 15.4. The Bertz CT molecular complexity index is 1060. The Morgan fingerprint density at radius 3 is 2.62 bits per heavy atom. The van der Waals surface area contributed by atoms with E-state index in [0.717, 1.165) is 75.2 Å². The third-order valence-corrected chi connectivity index (χ3v) is 7.62. The molecule has 5 nitrogen and oxygen atoms in total. The van der Waals surface area contributed by atoms with Crippen molar-refractivity contribution in [3.8, 4) is 0 Å². The average molecular weight is 463 g/mol. The van der Waals surface area contributed by atoms with Crippen molar-refractivity contribution in [3.63, 3.8) is 0 Å². The molecule has 5 rings (SSSR count). The van der Waals surface area contributed by atoms with Crippen molar-refractivity contribution >= 4 is 17.6 Å². The molecular formula is C28H35FN4O. The molecule has 0 radical (unpaired) electrons. The summed E-state index contributed by atoms with van der Waals surface area (Å²) in [4.78, 5) is 18.2. The van der Waals surface area contributed by atoms with Crippen LogP contribution in [-0.2, 0) is 11.3 Å². The van der Waals surface area contributed by atoms with Gasteiger partial charge >= 0.3 is 0 Å². The van der Waals surface area contributed by atoms with Crippen molar-refractivity contribution in [3.05, 3.63) is 71.3 Å². The summed E-state index contributed by atoms with van der Waals surface area (Å²) >= 11 is 0. The molecule has 3 heterocycles. The molecule has 1 atom stereocenters. The highest BCUT2D eigenvalue weighted by Gasteiger charge is 2.32. The smallest absolute Gasteiger partial charge is 0.255 e. The first kappa shape index (κ1) is 23.1. The molecular weight excluding hydrogens is 427 g/mol. The number of amides is 1. The summed E-state index contributed by atoms with van der Waals surface area (Å²) in [5.41, 5.74) is 10.0. The van der Waals surface area contributed by atoms with Crippen LogP contribution < -0.4 is 5.73 Å². The van der Waals surface area contributed by atoms with Gasteiger partial charge in [0.15, 0.2) is 0 Å². The molecule has 34 heavy (non-hydrogen) atoms. The lowest BCUT2D eigenvalue weighted by Gasteiger charge is -2.33. The predicted octanol–water partition coefficient (Wildman–Crippen LogP) is 4.11. The van der Waals surface area contributed by atoms with Crippen molar-refractivity contribution in [1.29, 1.82) is 0 Å². The van der Waals surface area contributed by atoms with Crippen molar-refractivity contribution < 1.29 is 9.18 Å². The average Bonchev–Trinajstić information content (AvgIpc) is 3.41. The number of piperidine rings is 1. The molecule has 0 bridgehead atoms. The SMILES string of the molecule is NCCn1ccc2c1C(C(=O)N1CC[C@H](CN3CCC(c4ccc(F)cc4)CC3)C1)=CCC=C2. The van der Waals surface area contributed by atoms with E-state index in [1.54, 1.807) is 12.1 Å². The van der Waals surface area contributed by atoms with Gasteiger partial charge in [0.05, 0.1) is 11.3 Å². The van der Waals surface area contributed by atoms with Crippen LogP contribution in [0.15, 0.2) is 48.7 Å². The van der Waals surface area contributed by atoms with Gasteiger partial charge in [0.25, 0.3) is 5.91 Å². The number of nitrogens with two attached hydrogens (primary N) is 1. The molecule has 1 amide bonds. The Kier molecular flexibility index (Phi) is 6.97. The molecule has 1 aliphatic carbocycles.